The number of carbonyl (C=O) groups excluding carboxylic acids is 1. The molecule has 0 radical (unpaired) electrons. The van der Waals surface area contributed by atoms with E-state index in [0.717, 1.165) is 6.29 Å². The molecule has 0 aromatic rings. The minimum Gasteiger partial charge on any atom is -0.312 e. The molecule has 9 heavy (non-hydrogen) atoms. The van der Waals surface area contributed by atoms with E-state index in [4.69, 9.17) is 5.73 Å². The third kappa shape index (κ3) is 2.39. The fourth-order valence-corrected chi connectivity index (χ4v) is 0.488. The quantitative estimate of drug-likeness (QED) is 0.310. The lowest BCUT2D eigenvalue weighted by atomic mass is 10.2. The molecule has 3 N–H and O–H groups in total. The van der Waals surface area contributed by atoms with Gasteiger partial charge in [-0.05, 0) is 14.0 Å². The lowest BCUT2D eigenvalue weighted by Crippen LogP contribution is -2.36. The van der Waals surface area contributed by atoms with E-state index in [9.17, 15) is 4.79 Å². The van der Waals surface area contributed by atoms with Gasteiger partial charge in [0.15, 0.2) is 0 Å². The minimum absolute atomic E-state index is 0.326. The van der Waals surface area contributed by atoms with Crippen molar-refractivity contribution < 1.29 is 4.79 Å². The van der Waals surface area contributed by atoms with Gasteiger partial charge in [0.25, 0.3) is 0 Å². The van der Waals surface area contributed by atoms with Crippen LogP contribution in [0.4, 0.5) is 0 Å². The fraction of sp³-hybridized carbons (Fsp3) is 0.500. The summed E-state index contributed by atoms with van der Waals surface area (Å²) in [6, 6.07) is 0. The first-order valence-electron chi connectivity index (χ1n) is 2.80. The molecule has 0 aliphatic rings. The molecule has 0 fully saturated rings. The SMILES string of the molecule is C/C=C(/C=O)C(N)NC. The standard InChI is InChI=1S/C6H12N2O/c1-3-5(4-9)6(7)8-2/h3-4,6,8H,7H2,1-2H3/b5-3-. The topological polar surface area (TPSA) is 55.1 Å². The fourth-order valence-electron chi connectivity index (χ4n) is 0.488. The number of allylic oxidation sites excluding steroid dienone is 1. The van der Waals surface area contributed by atoms with Crippen LogP contribution in [0.3, 0.4) is 0 Å². The predicted octanol–water partition coefficient (Wildman–Crippen LogP) is -0.364. The molecule has 0 saturated carbocycles. The molecule has 52 valence electrons. The zero-order valence-electron chi connectivity index (χ0n) is 5.72. The third-order valence-electron chi connectivity index (χ3n) is 1.14. The van der Waals surface area contributed by atoms with E-state index in [0.29, 0.717) is 5.57 Å². The normalized spacial score (nSPS) is 15.2. The predicted molar refractivity (Wildman–Crippen MR) is 36.9 cm³/mol. The Morgan fingerprint density at radius 3 is 2.44 bits per heavy atom. The Labute approximate surface area is 54.9 Å². The van der Waals surface area contributed by atoms with Crippen LogP contribution < -0.4 is 11.1 Å². The van der Waals surface area contributed by atoms with Gasteiger partial charge in [-0.1, -0.05) is 6.08 Å². The maximum absolute atomic E-state index is 10.1. The number of likely N-dealkylation sites (N-methyl/N-ethyl adjacent to an activating group) is 1. The van der Waals surface area contributed by atoms with Crippen LogP contribution in [0.15, 0.2) is 11.6 Å². The number of nitrogens with one attached hydrogen (secondary N) is 1. The summed E-state index contributed by atoms with van der Waals surface area (Å²) in [5.74, 6) is 0. The molecule has 3 nitrogen and oxygen atoms in total. The Balaban J connectivity index is 3.95. The first kappa shape index (κ1) is 8.33. The van der Waals surface area contributed by atoms with Gasteiger partial charge in [-0.3, -0.25) is 4.79 Å². The van der Waals surface area contributed by atoms with Crippen LogP contribution >= 0.6 is 0 Å². The summed E-state index contributed by atoms with van der Waals surface area (Å²) in [4.78, 5) is 10.1. The van der Waals surface area contributed by atoms with Gasteiger partial charge >= 0.3 is 0 Å². The Kier molecular flexibility index (Phi) is 3.92. The van der Waals surface area contributed by atoms with Crippen LogP contribution in [0.25, 0.3) is 0 Å². The van der Waals surface area contributed by atoms with E-state index in [1.165, 1.54) is 0 Å². The van der Waals surface area contributed by atoms with Crippen LogP contribution in [0.2, 0.25) is 0 Å². The van der Waals surface area contributed by atoms with Crippen molar-refractivity contribution in [3.05, 3.63) is 11.6 Å². The van der Waals surface area contributed by atoms with Gasteiger partial charge in [-0.2, -0.15) is 0 Å². The molecule has 0 aromatic carbocycles. The zero-order chi connectivity index (χ0) is 7.28. The highest BCUT2D eigenvalue weighted by Crippen LogP contribution is 1.89. The highest BCUT2D eigenvalue weighted by Gasteiger charge is 2.01. The van der Waals surface area contributed by atoms with Gasteiger partial charge in [0, 0.05) is 5.57 Å². The Morgan fingerprint density at radius 2 is 2.33 bits per heavy atom. The van der Waals surface area contributed by atoms with Crippen molar-refractivity contribution in [3.8, 4) is 0 Å². The Morgan fingerprint density at radius 1 is 1.78 bits per heavy atom. The smallest absolute Gasteiger partial charge is 0.148 e. The van der Waals surface area contributed by atoms with Crippen molar-refractivity contribution in [2.24, 2.45) is 5.73 Å². The lowest BCUT2D eigenvalue weighted by molar-refractivity contribution is -0.105. The maximum Gasteiger partial charge on any atom is 0.148 e. The largest absolute Gasteiger partial charge is 0.312 e. The number of hydrogen-bond donors (Lipinski definition) is 2. The van der Waals surface area contributed by atoms with E-state index >= 15 is 0 Å². The number of rotatable bonds is 3. The molecular weight excluding hydrogens is 116 g/mol. The molecular formula is C6H12N2O. The van der Waals surface area contributed by atoms with Crippen molar-refractivity contribution >= 4 is 6.29 Å². The van der Waals surface area contributed by atoms with E-state index in [2.05, 4.69) is 5.32 Å². The summed E-state index contributed by atoms with van der Waals surface area (Å²) in [6.07, 6.45) is 2.11. The van der Waals surface area contributed by atoms with Gasteiger partial charge in [-0.25, -0.2) is 0 Å². The molecule has 0 aromatic heterocycles. The molecule has 0 aliphatic heterocycles. The van der Waals surface area contributed by atoms with Crippen LogP contribution in [0.5, 0.6) is 0 Å². The highest BCUT2D eigenvalue weighted by atomic mass is 16.1. The van der Waals surface area contributed by atoms with Gasteiger partial charge in [0.05, 0.1) is 6.17 Å². The zero-order valence-corrected chi connectivity index (χ0v) is 5.72. The monoisotopic (exact) mass is 128 g/mol. The van der Waals surface area contributed by atoms with Crippen molar-refractivity contribution in [2.45, 2.75) is 13.1 Å². The number of aldehydes is 1. The van der Waals surface area contributed by atoms with Gasteiger partial charge in [-0.15, -0.1) is 0 Å². The second-order valence-corrected chi connectivity index (χ2v) is 1.67. The summed E-state index contributed by atoms with van der Waals surface area (Å²) in [6.45, 7) is 1.78. The van der Waals surface area contributed by atoms with Crippen molar-refractivity contribution in [2.75, 3.05) is 7.05 Å². The first-order valence-corrected chi connectivity index (χ1v) is 2.80. The van der Waals surface area contributed by atoms with Gasteiger partial charge in [0.2, 0.25) is 0 Å². The molecule has 0 saturated heterocycles. The molecule has 1 unspecified atom stereocenters. The average Bonchev–Trinajstić information content (AvgIpc) is 1.90. The lowest BCUT2D eigenvalue weighted by Gasteiger charge is -2.07. The van der Waals surface area contributed by atoms with Gasteiger partial charge in [0.1, 0.15) is 6.29 Å². The highest BCUT2D eigenvalue weighted by molar-refractivity contribution is 5.74. The van der Waals surface area contributed by atoms with Crippen LogP contribution in [0.1, 0.15) is 6.92 Å². The van der Waals surface area contributed by atoms with E-state index in [1.807, 2.05) is 0 Å². The average molecular weight is 128 g/mol. The number of nitrogens with two attached hydrogens (primary N) is 1. The summed E-state index contributed by atoms with van der Waals surface area (Å²) in [5.41, 5.74) is 6.01. The second kappa shape index (κ2) is 4.23. The van der Waals surface area contributed by atoms with Crippen molar-refractivity contribution in [1.82, 2.24) is 5.32 Å². The molecule has 0 spiro atoms. The molecule has 0 heterocycles. The van der Waals surface area contributed by atoms with Crippen LogP contribution in [-0.4, -0.2) is 19.5 Å². The summed E-state index contributed by atoms with van der Waals surface area (Å²) < 4.78 is 0. The maximum atomic E-state index is 10.1. The molecule has 3 heteroatoms. The molecule has 0 rings (SSSR count). The summed E-state index contributed by atoms with van der Waals surface area (Å²) in [5, 5.41) is 2.75. The Bertz CT molecular complexity index is 120. The minimum atomic E-state index is -0.326. The van der Waals surface area contributed by atoms with E-state index in [1.54, 1.807) is 20.0 Å². The van der Waals surface area contributed by atoms with E-state index in [-0.39, 0.29) is 6.17 Å². The molecule has 1 atom stereocenters. The van der Waals surface area contributed by atoms with Crippen molar-refractivity contribution in [1.29, 1.82) is 0 Å². The molecule has 0 amide bonds. The Hall–Kier alpha value is -0.670. The third-order valence-corrected chi connectivity index (χ3v) is 1.14. The second-order valence-electron chi connectivity index (χ2n) is 1.67. The summed E-state index contributed by atoms with van der Waals surface area (Å²) in [7, 11) is 1.71. The van der Waals surface area contributed by atoms with Crippen LogP contribution in [-0.2, 0) is 4.79 Å². The van der Waals surface area contributed by atoms with Crippen LogP contribution in [0, 0.1) is 0 Å². The van der Waals surface area contributed by atoms with E-state index < -0.39 is 0 Å². The molecule has 0 bridgehead atoms. The number of carbonyl (C=O) groups is 1. The molecule has 0 aliphatic carbocycles. The number of hydrogen-bond acceptors (Lipinski definition) is 3. The first-order chi connectivity index (χ1) is 4.26. The van der Waals surface area contributed by atoms with Gasteiger partial charge < -0.3 is 11.1 Å². The summed E-state index contributed by atoms with van der Waals surface area (Å²) >= 11 is 0. The van der Waals surface area contributed by atoms with Crippen molar-refractivity contribution in [3.63, 3.8) is 0 Å².